The summed E-state index contributed by atoms with van der Waals surface area (Å²) in [6.07, 6.45) is 9.14. The molecule has 130 valence electrons. The predicted molar refractivity (Wildman–Crippen MR) is 110 cm³/mol. The van der Waals surface area contributed by atoms with Crippen LogP contribution in [0.15, 0.2) is 35.1 Å². The number of fused-ring (bicyclic) bond motifs is 1. The first kappa shape index (κ1) is 17.9. The van der Waals surface area contributed by atoms with Gasteiger partial charge in [0.1, 0.15) is 5.65 Å². The highest BCUT2D eigenvalue weighted by molar-refractivity contribution is 9.10. The van der Waals surface area contributed by atoms with Crippen molar-refractivity contribution in [2.75, 3.05) is 0 Å². The maximum Gasteiger partial charge on any atom is 0.163 e. The SMILES string of the molecule is C=C1CCC(c2cnc3c(c2)c(Br)cn3[Si](C)(C)C(C)(C)C)CC1. The Morgan fingerprint density at radius 3 is 2.46 bits per heavy atom. The zero-order chi connectivity index (χ0) is 17.7. The molecule has 1 saturated carbocycles. The lowest BCUT2D eigenvalue weighted by molar-refractivity contribution is 0.517. The third kappa shape index (κ3) is 3.03. The average Bonchev–Trinajstić information content (AvgIpc) is 2.84. The fourth-order valence-electron chi connectivity index (χ4n) is 3.46. The summed E-state index contributed by atoms with van der Waals surface area (Å²) in [4.78, 5) is 4.92. The molecule has 2 aromatic rings. The zero-order valence-corrected chi connectivity index (χ0v) is 18.2. The van der Waals surface area contributed by atoms with Crippen molar-refractivity contribution < 1.29 is 0 Å². The zero-order valence-electron chi connectivity index (χ0n) is 15.6. The molecular weight excluding hydrogens is 376 g/mol. The van der Waals surface area contributed by atoms with Crippen LogP contribution in [0.2, 0.25) is 18.1 Å². The normalized spacial score (nSPS) is 17.7. The monoisotopic (exact) mass is 404 g/mol. The summed E-state index contributed by atoms with van der Waals surface area (Å²) in [7, 11) is -1.68. The molecule has 24 heavy (non-hydrogen) atoms. The molecule has 4 heteroatoms. The summed E-state index contributed by atoms with van der Waals surface area (Å²) in [5, 5.41) is 1.55. The molecule has 1 fully saturated rings. The molecule has 0 spiro atoms. The first-order chi connectivity index (χ1) is 11.1. The molecule has 3 rings (SSSR count). The van der Waals surface area contributed by atoms with Gasteiger partial charge in [-0.05, 0) is 64.2 Å². The molecule has 2 heterocycles. The van der Waals surface area contributed by atoms with Gasteiger partial charge in [-0.1, -0.05) is 46.0 Å². The first-order valence-corrected chi connectivity index (χ1v) is 12.7. The third-order valence-electron chi connectivity index (χ3n) is 6.22. The predicted octanol–water partition coefficient (Wildman–Crippen LogP) is 6.87. The van der Waals surface area contributed by atoms with E-state index in [9.17, 15) is 0 Å². The summed E-state index contributed by atoms with van der Waals surface area (Å²) in [5.74, 6) is 0.635. The standard InChI is InChI=1S/C20H29BrN2Si/c1-14-7-9-15(10-8-14)16-11-17-18(21)13-23(19(17)22-12-16)24(5,6)20(2,3)4/h11-13,15H,1,7-10H2,2-6H3. The van der Waals surface area contributed by atoms with Crippen LogP contribution in [-0.2, 0) is 0 Å². The highest BCUT2D eigenvalue weighted by Crippen LogP contribution is 2.41. The Hall–Kier alpha value is -0.873. The summed E-state index contributed by atoms with van der Waals surface area (Å²) in [6, 6.07) is 2.37. The van der Waals surface area contributed by atoms with Gasteiger partial charge in [0, 0.05) is 22.3 Å². The van der Waals surface area contributed by atoms with Crippen LogP contribution < -0.4 is 0 Å². The fourth-order valence-corrected chi connectivity index (χ4v) is 6.02. The van der Waals surface area contributed by atoms with Gasteiger partial charge in [0.25, 0.3) is 0 Å². The number of rotatable bonds is 2. The molecule has 0 unspecified atom stereocenters. The van der Waals surface area contributed by atoms with Crippen molar-refractivity contribution in [3.05, 3.63) is 40.6 Å². The maximum absolute atomic E-state index is 4.92. The van der Waals surface area contributed by atoms with Gasteiger partial charge in [-0.3, -0.25) is 0 Å². The van der Waals surface area contributed by atoms with Crippen molar-refractivity contribution in [3.63, 3.8) is 0 Å². The lowest BCUT2D eigenvalue weighted by Gasteiger charge is -2.38. The highest BCUT2D eigenvalue weighted by Gasteiger charge is 2.39. The molecule has 1 aliphatic rings. The molecule has 0 atom stereocenters. The molecule has 2 nitrogen and oxygen atoms in total. The molecular formula is C20H29BrN2Si. The van der Waals surface area contributed by atoms with Gasteiger partial charge >= 0.3 is 0 Å². The van der Waals surface area contributed by atoms with Crippen LogP contribution in [0.1, 0.15) is 57.9 Å². The smallest absolute Gasteiger partial charge is 0.163 e. The van der Waals surface area contributed by atoms with Crippen molar-refractivity contribution in [2.24, 2.45) is 0 Å². The maximum atomic E-state index is 4.92. The summed E-state index contributed by atoms with van der Waals surface area (Å²) >= 11 is 3.79. The topological polar surface area (TPSA) is 17.8 Å². The molecule has 0 N–H and O–H groups in total. The number of hydrogen-bond acceptors (Lipinski definition) is 1. The van der Waals surface area contributed by atoms with E-state index in [2.05, 4.69) is 79.1 Å². The van der Waals surface area contributed by atoms with E-state index < -0.39 is 8.24 Å². The van der Waals surface area contributed by atoms with Gasteiger partial charge < -0.3 is 4.23 Å². The Labute approximate surface area is 155 Å². The van der Waals surface area contributed by atoms with Crippen LogP contribution in [0.25, 0.3) is 11.0 Å². The average molecular weight is 405 g/mol. The molecule has 0 radical (unpaired) electrons. The van der Waals surface area contributed by atoms with E-state index in [1.165, 1.54) is 33.8 Å². The van der Waals surface area contributed by atoms with Crippen LogP contribution in [0.3, 0.4) is 0 Å². The molecule has 0 saturated heterocycles. The minimum absolute atomic E-state index is 0.280. The molecule has 0 amide bonds. The van der Waals surface area contributed by atoms with Crippen molar-refractivity contribution in [2.45, 2.75) is 70.5 Å². The Morgan fingerprint density at radius 2 is 1.88 bits per heavy atom. The van der Waals surface area contributed by atoms with Gasteiger partial charge in [0.2, 0.25) is 0 Å². The number of aromatic nitrogens is 2. The minimum Gasteiger partial charge on any atom is -0.358 e. The first-order valence-electron chi connectivity index (χ1n) is 8.95. The molecule has 0 aromatic carbocycles. The minimum atomic E-state index is -1.68. The second-order valence-electron chi connectivity index (χ2n) is 8.82. The Morgan fingerprint density at radius 1 is 1.25 bits per heavy atom. The van der Waals surface area contributed by atoms with E-state index in [1.54, 1.807) is 0 Å². The van der Waals surface area contributed by atoms with E-state index in [0.717, 1.165) is 18.5 Å². The summed E-state index contributed by atoms with van der Waals surface area (Å²) in [6.45, 7) is 16.0. The van der Waals surface area contributed by atoms with Crippen LogP contribution in [-0.4, -0.2) is 17.5 Å². The molecule has 0 bridgehead atoms. The van der Waals surface area contributed by atoms with Gasteiger partial charge in [0.15, 0.2) is 8.24 Å². The fraction of sp³-hybridized carbons (Fsp3) is 0.550. The number of allylic oxidation sites excluding steroid dienone is 1. The Bertz CT molecular complexity index is 773. The second-order valence-corrected chi connectivity index (χ2v) is 14.8. The van der Waals surface area contributed by atoms with Crippen LogP contribution in [0.4, 0.5) is 0 Å². The van der Waals surface area contributed by atoms with Gasteiger partial charge in [0.05, 0.1) is 0 Å². The van der Waals surface area contributed by atoms with Crippen molar-refractivity contribution in [1.82, 2.24) is 9.22 Å². The van der Waals surface area contributed by atoms with E-state index >= 15 is 0 Å². The van der Waals surface area contributed by atoms with E-state index in [-0.39, 0.29) is 5.04 Å². The molecule has 2 aromatic heterocycles. The molecule has 1 aliphatic carbocycles. The molecule has 0 aliphatic heterocycles. The lowest BCUT2D eigenvalue weighted by atomic mass is 9.82. The lowest BCUT2D eigenvalue weighted by Crippen LogP contribution is -2.45. The Balaban J connectivity index is 2.04. The van der Waals surface area contributed by atoms with Crippen molar-refractivity contribution >= 4 is 35.2 Å². The van der Waals surface area contributed by atoms with Crippen molar-refractivity contribution in [1.29, 1.82) is 0 Å². The second kappa shape index (κ2) is 6.13. The van der Waals surface area contributed by atoms with E-state index in [0.29, 0.717) is 5.92 Å². The number of halogens is 1. The summed E-state index contributed by atoms with van der Waals surface area (Å²) in [5.41, 5.74) is 3.94. The van der Waals surface area contributed by atoms with Gasteiger partial charge in [-0.25, -0.2) is 4.98 Å². The Kier molecular flexibility index (Phi) is 4.58. The van der Waals surface area contributed by atoms with Gasteiger partial charge in [-0.15, -0.1) is 0 Å². The van der Waals surface area contributed by atoms with E-state index in [4.69, 9.17) is 4.98 Å². The van der Waals surface area contributed by atoms with E-state index in [1.807, 2.05) is 0 Å². The largest absolute Gasteiger partial charge is 0.358 e. The number of hydrogen-bond donors (Lipinski definition) is 0. The third-order valence-corrected chi connectivity index (χ3v) is 12.1. The number of pyridine rings is 1. The summed E-state index contributed by atoms with van der Waals surface area (Å²) < 4.78 is 3.65. The number of nitrogens with zero attached hydrogens (tertiary/aromatic N) is 2. The van der Waals surface area contributed by atoms with Crippen LogP contribution >= 0.6 is 15.9 Å². The van der Waals surface area contributed by atoms with Crippen LogP contribution in [0, 0.1) is 0 Å². The highest BCUT2D eigenvalue weighted by atomic mass is 79.9. The van der Waals surface area contributed by atoms with Gasteiger partial charge in [-0.2, -0.15) is 0 Å². The quantitative estimate of drug-likeness (QED) is 0.394. The van der Waals surface area contributed by atoms with Crippen molar-refractivity contribution in [3.8, 4) is 0 Å². The van der Waals surface area contributed by atoms with Crippen LogP contribution in [0.5, 0.6) is 0 Å².